The second kappa shape index (κ2) is 11.7. The van der Waals surface area contributed by atoms with Crippen molar-refractivity contribution < 1.29 is 57.5 Å². The van der Waals surface area contributed by atoms with Gasteiger partial charge in [-0.25, -0.2) is 0 Å². The molecule has 7 N–H and O–H groups in total. The second-order valence-electron chi connectivity index (χ2n) is 11.9. The van der Waals surface area contributed by atoms with Crippen LogP contribution < -0.4 is 15.8 Å². The normalized spacial score (nSPS) is 24.1. The highest BCUT2D eigenvalue weighted by Gasteiger charge is 2.63. The molecule has 0 saturated heterocycles. The predicted octanol–water partition coefficient (Wildman–Crippen LogP) is 2.36. The number of alkyl halides is 3. The molecule has 0 radical (unpaired) electrons. The third kappa shape index (κ3) is 5.28. The molecule has 0 fully saturated rings. The summed E-state index contributed by atoms with van der Waals surface area (Å²) in [6.45, 7) is 1.32. The second-order valence-corrected chi connectivity index (χ2v) is 11.9. The summed E-state index contributed by atoms with van der Waals surface area (Å²) in [5.74, 6) is -9.74. The van der Waals surface area contributed by atoms with E-state index < -0.39 is 82.4 Å². The van der Waals surface area contributed by atoms with Gasteiger partial charge in [-0.2, -0.15) is 13.2 Å². The number of amides is 2. The molecular formula is C32H32F3N3O9. The van der Waals surface area contributed by atoms with Crippen molar-refractivity contribution in [2.24, 2.45) is 17.6 Å². The summed E-state index contributed by atoms with van der Waals surface area (Å²) in [5.41, 5.74) is 2.42. The largest absolute Gasteiger partial charge is 0.510 e. The molecule has 2 amide bonds. The lowest BCUT2D eigenvalue weighted by Gasteiger charge is -2.50. The van der Waals surface area contributed by atoms with E-state index in [0.29, 0.717) is 16.7 Å². The Morgan fingerprint density at radius 3 is 2.40 bits per heavy atom. The van der Waals surface area contributed by atoms with Gasteiger partial charge in [0.2, 0.25) is 5.78 Å². The van der Waals surface area contributed by atoms with Gasteiger partial charge in [-0.05, 0) is 74.7 Å². The van der Waals surface area contributed by atoms with Crippen LogP contribution in [0.25, 0.3) is 11.1 Å². The minimum Gasteiger partial charge on any atom is -0.510 e. The zero-order valence-corrected chi connectivity index (χ0v) is 25.4. The van der Waals surface area contributed by atoms with Gasteiger partial charge in [-0.3, -0.25) is 24.1 Å². The quantitative estimate of drug-likeness (QED) is 0.240. The Morgan fingerprint density at radius 1 is 1.13 bits per heavy atom. The van der Waals surface area contributed by atoms with Crippen molar-refractivity contribution in [1.82, 2.24) is 10.2 Å². The van der Waals surface area contributed by atoms with E-state index in [9.17, 15) is 52.8 Å². The molecule has 0 aromatic heterocycles. The standard InChI is InChI=1S/C32H32F3N3O9/c1-4-47-20-8-5-13(9-15(20)12-37-30(45)32(33,34)35)16-6-7-19(39)22-17(16)10-14-11-18-24(38(2)3)26(41)23(29(36)44)28(43)31(18,46)27(42)21(14)25(22)40/h5-9,14,18,24,39,41-42,46H,4,10-12H2,1-3H3,(H2,36,44)(H,37,45)/t14-,18-,24-,31-/m0/s1. The molecule has 15 heteroatoms. The highest BCUT2D eigenvalue weighted by atomic mass is 19.4. The summed E-state index contributed by atoms with van der Waals surface area (Å²) in [4.78, 5) is 52.6. The lowest BCUT2D eigenvalue weighted by atomic mass is 9.58. The fourth-order valence-corrected chi connectivity index (χ4v) is 6.98. The molecule has 0 bridgehead atoms. The Labute approximate surface area is 265 Å². The third-order valence-electron chi connectivity index (χ3n) is 8.97. The molecule has 12 nitrogen and oxygen atoms in total. The number of aromatic hydroxyl groups is 1. The number of nitrogens with one attached hydrogen (secondary N) is 1. The fourth-order valence-electron chi connectivity index (χ4n) is 6.98. The Hall–Kier alpha value is -4.89. The highest BCUT2D eigenvalue weighted by Crippen LogP contribution is 2.53. The Balaban J connectivity index is 1.63. The van der Waals surface area contributed by atoms with Gasteiger partial charge in [0, 0.05) is 23.6 Å². The number of ketones is 2. The number of allylic oxidation sites excluding steroid dienone is 1. The van der Waals surface area contributed by atoms with E-state index in [4.69, 9.17) is 10.5 Å². The molecule has 2 aromatic carbocycles. The molecule has 5 rings (SSSR count). The fraction of sp³-hybridized carbons (Fsp3) is 0.375. The number of halogens is 3. The molecule has 0 unspecified atom stereocenters. The number of Topliss-reactive ketones (excluding diaryl/α,β-unsaturated/α-hetero) is 2. The number of benzene rings is 2. The van der Waals surface area contributed by atoms with Crippen LogP contribution in [0.2, 0.25) is 0 Å². The molecule has 0 heterocycles. The molecule has 4 atom stereocenters. The van der Waals surface area contributed by atoms with Gasteiger partial charge >= 0.3 is 12.1 Å². The number of carbonyl (C=O) groups excluding carboxylic acids is 4. The van der Waals surface area contributed by atoms with Crippen molar-refractivity contribution >= 4 is 23.4 Å². The molecule has 3 aliphatic carbocycles. The number of aliphatic hydroxyl groups excluding tert-OH is 2. The topological polar surface area (TPSA) is 200 Å². The SMILES string of the molecule is CCOc1ccc(-c2ccc(O)c3c2C[C@H]2C[C@H]4[C@H](N(C)C)C(O)=C(C(N)=O)C(=O)[C@@]4(O)C(O)=C2C3=O)cc1CNC(=O)C(F)(F)F. The Bertz CT molecular complexity index is 1780. The molecule has 250 valence electrons. The van der Waals surface area contributed by atoms with E-state index in [2.05, 4.69) is 0 Å². The first-order valence-electron chi connectivity index (χ1n) is 14.6. The monoisotopic (exact) mass is 659 g/mol. The Kier molecular flexibility index (Phi) is 8.35. The zero-order chi connectivity index (χ0) is 34.7. The number of rotatable bonds is 7. The van der Waals surface area contributed by atoms with E-state index in [1.54, 1.807) is 13.0 Å². The number of phenols is 1. The summed E-state index contributed by atoms with van der Waals surface area (Å²) in [7, 11) is 3.04. The maximum Gasteiger partial charge on any atom is 0.471 e. The number of phenolic OH excluding ortho intramolecular Hbond substituents is 1. The molecule has 0 aliphatic heterocycles. The highest BCUT2D eigenvalue weighted by molar-refractivity contribution is 6.25. The van der Waals surface area contributed by atoms with Crippen molar-refractivity contribution in [3.05, 3.63) is 69.7 Å². The van der Waals surface area contributed by atoms with E-state index in [-0.39, 0.29) is 41.9 Å². The van der Waals surface area contributed by atoms with Crippen LogP contribution in [-0.4, -0.2) is 87.2 Å². The molecule has 47 heavy (non-hydrogen) atoms. The number of likely N-dealkylation sites (N-methyl/N-ethyl adjacent to an activating group) is 1. The average Bonchev–Trinajstić information content (AvgIpc) is 2.97. The van der Waals surface area contributed by atoms with Crippen LogP contribution in [-0.2, 0) is 27.3 Å². The number of hydrogen-bond acceptors (Lipinski definition) is 10. The summed E-state index contributed by atoms with van der Waals surface area (Å²) < 4.78 is 44.1. The van der Waals surface area contributed by atoms with Gasteiger partial charge in [0.15, 0.2) is 11.4 Å². The van der Waals surface area contributed by atoms with Crippen LogP contribution in [0.15, 0.2) is 53.0 Å². The van der Waals surface area contributed by atoms with Crippen LogP contribution in [0.3, 0.4) is 0 Å². The first-order valence-corrected chi connectivity index (χ1v) is 14.6. The number of carbonyl (C=O) groups is 4. The van der Waals surface area contributed by atoms with Gasteiger partial charge < -0.3 is 36.2 Å². The van der Waals surface area contributed by atoms with Crippen molar-refractivity contribution in [1.29, 1.82) is 0 Å². The molecule has 3 aliphatic rings. The zero-order valence-electron chi connectivity index (χ0n) is 25.4. The van der Waals surface area contributed by atoms with Crippen LogP contribution in [0, 0.1) is 11.8 Å². The van der Waals surface area contributed by atoms with Crippen molar-refractivity contribution in [2.75, 3.05) is 20.7 Å². The molecule has 0 spiro atoms. The molecular weight excluding hydrogens is 627 g/mol. The van der Waals surface area contributed by atoms with Crippen LogP contribution >= 0.6 is 0 Å². The minimum absolute atomic E-state index is 0.00831. The predicted molar refractivity (Wildman–Crippen MR) is 158 cm³/mol. The number of primary amides is 1. The van der Waals surface area contributed by atoms with Gasteiger partial charge in [-0.1, -0.05) is 12.1 Å². The lowest BCUT2D eigenvalue weighted by molar-refractivity contribution is -0.173. The van der Waals surface area contributed by atoms with Crippen molar-refractivity contribution in [3.8, 4) is 22.6 Å². The number of fused-ring (bicyclic) bond motifs is 3. The summed E-state index contributed by atoms with van der Waals surface area (Å²) >= 11 is 0. The maximum absolute atomic E-state index is 14.0. The van der Waals surface area contributed by atoms with Gasteiger partial charge in [0.25, 0.3) is 5.91 Å². The van der Waals surface area contributed by atoms with Crippen LogP contribution in [0.1, 0.15) is 34.8 Å². The average molecular weight is 660 g/mol. The van der Waals surface area contributed by atoms with Crippen molar-refractivity contribution in [2.45, 2.75) is 44.1 Å². The Morgan fingerprint density at radius 2 is 1.81 bits per heavy atom. The maximum atomic E-state index is 14.0. The number of aliphatic hydroxyl groups is 3. The van der Waals surface area contributed by atoms with Crippen LogP contribution in [0.4, 0.5) is 13.2 Å². The summed E-state index contributed by atoms with van der Waals surface area (Å²) in [6.07, 6.45) is -5.24. The van der Waals surface area contributed by atoms with Gasteiger partial charge in [0.05, 0.1) is 18.2 Å². The number of nitrogens with two attached hydrogens (primary N) is 1. The van der Waals surface area contributed by atoms with Gasteiger partial charge in [0.1, 0.15) is 28.6 Å². The first kappa shape index (κ1) is 33.5. The van der Waals surface area contributed by atoms with E-state index in [0.717, 1.165) is 0 Å². The van der Waals surface area contributed by atoms with Gasteiger partial charge in [-0.15, -0.1) is 0 Å². The smallest absolute Gasteiger partial charge is 0.471 e. The number of hydrogen-bond donors (Lipinski definition) is 6. The number of nitrogens with zero attached hydrogens (tertiary/aromatic N) is 1. The molecule has 2 aromatic rings. The minimum atomic E-state index is -5.11. The number of ether oxygens (including phenoxy) is 1. The van der Waals surface area contributed by atoms with E-state index in [1.165, 1.54) is 43.3 Å². The molecule has 0 saturated carbocycles. The third-order valence-corrected chi connectivity index (χ3v) is 8.97. The first-order chi connectivity index (χ1) is 21.9. The lowest BCUT2D eigenvalue weighted by Crippen LogP contribution is -2.63. The van der Waals surface area contributed by atoms with Crippen LogP contribution in [0.5, 0.6) is 11.5 Å². The van der Waals surface area contributed by atoms with E-state index in [1.807, 2.05) is 5.32 Å². The summed E-state index contributed by atoms with van der Waals surface area (Å²) in [6, 6.07) is 6.13. The van der Waals surface area contributed by atoms with E-state index >= 15 is 0 Å². The van der Waals surface area contributed by atoms with Crippen molar-refractivity contribution in [3.63, 3.8) is 0 Å². The summed E-state index contributed by atoms with van der Waals surface area (Å²) in [5, 5.41) is 46.8.